The fourth-order valence-electron chi connectivity index (χ4n) is 2.33. The lowest BCUT2D eigenvalue weighted by atomic mass is 10.1. The lowest BCUT2D eigenvalue weighted by molar-refractivity contribution is -0.121. The summed E-state index contributed by atoms with van der Waals surface area (Å²) in [6.07, 6.45) is 1.09. The molecule has 0 unspecified atom stereocenters. The first kappa shape index (κ1) is 24.1. The van der Waals surface area contributed by atoms with Crippen LogP contribution in [0.15, 0.2) is 46.9 Å². The summed E-state index contributed by atoms with van der Waals surface area (Å²) in [6, 6.07) is 12.0. The van der Waals surface area contributed by atoms with Crippen LogP contribution < -0.4 is 20.9 Å². The van der Waals surface area contributed by atoms with Gasteiger partial charge in [0.2, 0.25) is 5.91 Å². The van der Waals surface area contributed by atoms with E-state index in [1.165, 1.54) is 0 Å². The van der Waals surface area contributed by atoms with Crippen LogP contribution in [0.2, 0.25) is 5.02 Å². The molecular weight excluding hydrogens is 490 g/mol. The van der Waals surface area contributed by atoms with Crippen LogP contribution in [-0.4, -0.2) is 23.5 Å². The van der Waals surface area contributed by atoms with Gasteiger partial charge >= 0.3 is 0 Å². The maximum absolute atomic E-state index is 12.4. The van der Waals surface area contributed by atoms with Crippen molar-refractivity contribution in [2.75, 3.05) is 6.61 Å². The minimum absolute atomic E-state index is 0.0159. The molecule has 30 heavy (non-hydrogen) atoms. The number of thiocarbonyl (C=S) groups is 1. The minimum atomic E-state index is -0.408. The molecule has 2 amide bonds. The van der Waals surface area contributed by atoms with E-state index < -0.39 is 5.91 Å². The molecule has 0 fully saturated rings. The molecule has 6 nitrogen and oxygen atoms in total. The number of carbonyl (C=O) groups excluding carboxylic acids is 2. The Hall–Kier alpha value is -2.16. The summed E-state index contributed by atoms with van der Waals surface area (Å²) in [7, 11) is 0. The number of rotatable bonds is 7. The van der Waals surface area contributed by atoms with Gasteiger partial charge < -0.3 is 4.74 Å². The van der Waals surface area contributed by atoms with E-state index in [1.54, 1.807) is 42.5 Å². The lowest BCUT2D eigenvalue weighted by Gasteiger charge is -2.12. The maximum atomic E-state index is 12.4. The molecule has 2 aromatic carbocycles. The largest absolute Gasteiger partial charge is 0.492 e. The molecule has 0 aliphatic heterocycles. The summed E-state index contributed by atoms with van der Waals surface area (Å²) < 4.78 is 6.39. The molecule has 3 N–H and O–H groups in total. The van der Waals surface area contributed by atoms with Crippen molar-refractivity contribution in [1.82, 2.24) is 16.2 Å². The van der Waals surface area contributed by atoms with Crippen LogP contribution in [0.1, 0.15) is 36.2 Å². The van der Waals surface area contributed by atoms with Crippen LogP contribution in [0.4, 0.5) is 0 Å². The zero-order valence-electron chi connectivity index (χ0n) is 16.6. The Balaban J connectivity index is 1.80. The third-order valence-electron chi connectivity index (χ3n) is 3.97. The van der Waals surface area contributed by atoms with Crippen LogP contribution >= 0.6 is 39.7 Å². The summed E-state index contributed by atoms with van der Waals surface area (Å²) in [5.74, 6) is 0.504. The second-order valence-electron chi connectivity index (χ2n) is 6.94. The zero-order valence-corrected chi connectivity index (χ0v) is 19.8. The lowest BCUT2D eigenvalue weighted by Crippen LogP contribution is -2.48. The average Bonchev–Trinajstić information content (AvgIpc) is 2.69. The van der Waals surface area contributed by atoms with Crippen LogP contribution in [0.25, 0.3) is 0 Å². The average molecular weight is 513 g/mol. The van der Waals surface area contributed by atoms with Crippen molar-refractivity contribution < 1.29 is 14.3 Å². The normalized spacial score (nSPS) is 10.4. The second-order valence-corrected chi connectivity index (χ2v) is 8.63. The summed E-state index contributed by atoms with van der Waals surface area (Å²) >= 11 is 14.3. The van der Waals surface area contributed by atoms with Crippen molar-refractivity contribution in [3.05, 3.63) is 63.1 Å². The Labute approximate surface area is 194 Å². The molecule has 0 bridgehead atoms. The molecule has 2 aromatic rings. The minimum Gasteiger partial charge on any atom is -0.492 e. The Morgan fingerprint density at radius 2 is 1.83 bits per heavy atom. The number of hydrogen-bond donors (Lipinski definition) is 3. The molecular formula is C21H23BrClN3O3S. The Morgan fingerprint density at radius 1 is 1.13 bits per heavy atom. The topological polar surface area (TPSA) is 79.5 Å². The Bertz CT molecular complexity index is 907. The van der Waals surface area contributed by atoms with E-state index in [4.69, 9.17) is 28.6 Å². The van der Waals surface area contributed by atoms with Gasteiger partial charge in [-0.3, -0.25) is 25.8 Å². The quantitative estimate of drug-likeness (QED) is 0.378. The fraction of sp³-hybridized carbons (Fsp3) is 0.286. The van der Waals surface area contributed by atoms with Gasteiger partial charge in [0.1, 0.15) is 5.75 Å². The van der Waals surface area contributed by atoms with Gasteiger partial charge in [-0.05, 0) is 76.4 Å². The number of hydrazine groups is 1. The summed E-state index contributed by atoms with van der Waals surface area (Å²) in [5.41, 5.74) is 6.16. The van der Waals surface area contributed by atoms with Crippen LogP contribution in [0.5, 0.6) is 5.75 Å². The van der Waals surface area contributed by atoms with E-state index in [1.807, 2.05) is 0 Å². The molecule has 0 aliphatic carbocycles. The number of nitrogens with one attached hydrogen (secondary N) is 3. The zero-order chi connectivity index (χ0) is 22.1. The second kappa shape index (κ2) is 11.9. The van der Waals surface area contributed by atoms with E-state index in [0.29, 0.717) is 33.3 Å². The third-order valence-corrected chi connectivity index (χ3v) is 5.04. The van der Waals surface area contributed by atoms with Gasteiger partial charge in [-0.25, -0.2) is 0 Å². The van der Waals surface area contributed by atoms with Crippen molar-refractivity contribution in [2.24, 2.45) is 5.92 Å². The molecule has 0 saturated heterocycles. The number of ether oxygens (including phenoxy) is 1. The van der Waals surface area contributed by atoms with Crippen molar-refractivity contribution in [2.45, 2.75) is 26.7 Å². The SMILES string of the molecule is CC(C)CCOc1ccc(C(=O)NC(=S)NNC(=O)Cc2ccc(Cl)cc2)cc1Br. The summed E-state index contributed by atoms with van der Waals surface area (Å²) in [4.78, 5) is 24.3. The van der Waals surface area contributed by atoms with Gasteiger partial charge in [0, 0.05) is 10.6 Å². The monoisotopic (exact) mass is 511 g/mol. The predicted molar refractivity (Wildman–Crippen MR) is 126 cm³/mol. The van der Waals surface area contributed by atoms with Crippen molar-refractivity contribution in [3.8, 4) is 5.75 Å². The molecule has 160 valence electrons. The van der Waals surface area contributed by atoms with Crippen LogP contribution in [-0.2, 0) is 11.2 Å². The van der Waals surface area contributed by atoms with E-state index in [0.717, 1.165) is 12.0 Å². The van der Waals surface area contributed by atoms with Crippen molar-refractivity contribution in [1.29, 1.82) is 0 Å². The Kier molecular flexibility index (Phi) is 9.55. The highest BCUT2D eigenvalue weighted by Crippen LogP contribution is 2.26. The molecule has 0 aliphatic rings. The first-order valence-corrected chi connectivity index (χ1v) is 10.9. The molecule has 0 heterocycles. The number of halogens is 2. The number of carbonyl (C=O) groups is 2. The molecule has 0 spiro atoms. The molecule has 2 rings (SSSR count). The molecule has 0 saturated carbocycles. The number of amides is 2. The highest BCUT2D eigenvalue weighted by atomic mass is 79.9. The highest BCUT2D eigenvalue weighted by molar-refractivity contribution is 9.10. The van der Waals surface area contributed by atoms with E-state index in [9.17, 15) is 9.59 Å². The van der Waals surface area contributed by atoms with Crippen molar-refractivity contribution >= 4 is 56.7 Å². The van der Waals surface area contributed by atoms with Gasteiger partial charge in [0.25, 0.3) is 5.91 Å². The van der Waals surface area contributed by atoms with Gasteiger partial charge in [0.05, 0.1) is 17.5 Å². The van der Waals surface area contributed by atoms with Crippen LogP contribution in [0, 0.1) is 5.92 Å². The number of benzene rings is 2. The van der Waals surface area contributed by atoms with Crippen LogP contribution in [0.3, 0.4) is 0 Å². The predicted octanol–water partition coefficient (Wildman–Crippen LogP) is 4.41. The van der Waals surface area contributed by atoms with E-state index in [-0.39, 0.29) is 17.4 Å². The molecule has 0 aromatic heterocycles. The van der Waals surface area contributed by atoms with Gasteiger partial charge in [0.15, 0.2) is 5.11 Å². The van der Waals surface area contributed by atoms with Gasteiger partial charge in [-0.1, -0.05) is 37.6 Å². The molecule has 0 atom stereocenters. The first-order chi connectivity index (χ1) is 14.2. The molecule has 0 radical (unpaired) electrons. The maximum Gasteiger partial charge on any atom is 0.257 e. The third kappa shape index (κ3) is 8.30. The molecule has 9 heteroatoms. The van der Waals surface area contributed by atoms with E-state index >= 15 is 0 Å². The van der Waals surface area contributed by atoms with Gasteiger partial charge in [-0.2, -0.15) is 0 Å². The van der Waals surface area contributed by atoms with Crippen molar-refractivity contribution in [3.63, 3.8) is 0 Å². The Morgan fingerprint density at radius 3 is 2.47 bits per heavy atom. The summed E-state index contributed by atoms with van der Waals surface area (Å²) in [5, 5.41) is 3.10. The fourth-order valence-corrected chi connectivity index (χ4v) is 3.09. The van der Waals surface area contributed by atoms with Gasteiger partial charge in [-0.15, -0.1) is 0 Å². The highest BCUT2D eigenvalue weighted by Gasteiger charge is 2.12. The number of hydrogen-bond acceptors (Lipinski definition) is 4. The summed E-state index contributed by atoms with van der Waals surface area (Å²) in [6.45, 7) is 4.86. The standard InChI is InChI=1S/C21H23BrClN3O3S/c1-13(2)9-10-29-18-8-5-15(12-17(18)22)20(28)24-21(30)26-25-19(27)11-14-3-6-16(23)7-4-14/h3-8,12-13H,9-11H2,1-2H3,(H,25,27)(H2,24,26,28,30). The first-order valence-electron chi connectivity index (χ1n) is 9.31. The van der Waals surface area contributed by atoms with E-state index in [2.05, 4.69) is 45.9 Å². The smallest absolute Gasteiger partial charge is 0.257 e.